The Hall–Kier alpha value is -4.00. The minimum atomic E-state index is -0.0840. The Morgan fingerprint density at radius 3 is 2.76 bits per heavy atom. The molecule has 2 heterocycles. The number of methoxy groups -OCH3 is 1. The maximum Gasteiger partial charge on any atom is 0.224 e. The summed E-state index contributed by atoms with van der Waals surface area (Å²) < 4.78 is 19.0. The van der Waals surface area contributed by atoms with Crippen LogP contribution in [0, 0.1) is 6.92 Å². The van der Waals surface area contributed by atoms with Gasteiger partial charge in [0, 0.05) is 30.6 Å². The van der Waals surface area contributed by atoms with Crippen molar-refractivity contribution in [2.75, 3.05) is 19.0 Å². The third kappa shape index (κ3) is 6.04. The lowest BCUT2D eigenvalue weighted by atomic mass is 10.2. The number of anilines is 1. The van der Waals surface area contributed by atoms with Crippen LogP contribution in [0.5, 0.6) is 17.2 Å². The van der Waals surface area contributed by atoms with Crippen molar-refractivity contribution in [3.8, 4) is 17.2 Å². The van der Waals surface area contributed by atoms with Crippen LogP contribution in [-0.4, -0.2) is 29.0 Å². The van der Waals surface area contributed by atoms with E-state index < -0.39 is 0 Å². The van der Waals surface area contributed by atoms with Crippen LogP contribution in [0.3, 0.4) is 0 Å². The van der Waals surface area contributed by atoms with E-state index in [0.717, 1.165) is 22.7 Å². The normalized spacial score (nSPS) is 10.7. The molecular weight excluding hydrogens is 418 g/mol. The zero-order valence-corrected chi connectivity index (χ0v) is 18.8. The highest BCUT2D eigenvalue weighted by atomic mass is 16.5. The second kappa shape index (κ2) is 10.5. The maximum absolute atomic E-state index is 12.4. The molecule has 4 aromatic rings. The van der Waals surface area contributed by atoms with Gasteiger partial charge in [-0.05, 0) is 55.3 Å². The van der Waals surface area contributed by atoms with Crippen LogP contribution < -0.4 is 19.5 Å². The van der Waals surface area contributed by atoms with Gasteiger partial charge in [0.05, 0.1) is 19.4 Å². The molecule has 7 heteroatoms. The van der Waals surface area contributed by atoms with Crippen molar-refractivity contribution in [2.45, 2.75) is 26.4 Å². The first-order valence-corrected chi connectivity index (χ1v) is 10.8. The quantitative estimate of drug-likeness (QED) is 0.347. The molecule has 0 bridgehead atoms. The van der Waals surface area contributed by atoms with E-state index >= 15 is 0 Å². The van der Waals surface area contributed by atoms with Crippen LogP contribution >= 0.6 is 0 Å². The van der Waals surface area contributed by atoms with Gasteiger partial charge >= 0.3 is 0 Å². The number of benzene rings is 2. The number of ether oxygens (including phenoxy) is 3. The maximum atomic E-state index is 12.4. The van der Waals surface area contributed by atoms with Crippen LogP contribution in [0.2, 0.25) is 0 Å². The fraction of sp³-hybridized carbons (Fsp3) is 0.231. The first kappa shape index (κ1) is 22.2. The molecule has 170 valence electrons. The summed E-state index contributed by atoms with van der Waals surface area (Å²) in [7, 11) is 1.58. The summed E-state index contributed by atoms with van der Waals surface area (Å²) in [6.07, 6.45) is 4.84. The van der Waals surface area contributed by atoms with E-state index in [1.807, 2.05) is 66.2 Å². The number of carbonyl (C=O) groups is 1. The van der Waals surface area contributed by atoms with Crippen molar-refractivity contribution in [3.05, 3.63) is 84.3 Å². The average Bonchev–Trinajstić information content (AvgIpc) is 3.24. The van der Waals surface area contributed by atoms with E-state index in [1.165, 1.54) is 0 Å². The number of nitrogens with one attached hydrogen (secondary N) is 1. The Morgan fingerprint density at radius 1 is 1.03 bits per heavy atom. The van der Waals surface area contributed by atoms with Crippen molar-refractivity contribution < 1.29 is 19.0 Å². The second-order valence-corrected chi connectivity index (χ2v) is 7.67. The Bertz CT molecular complexity index is 1200. The van der Waals surface area contributed by atoms with Gasteiger partial charge in [0.15, 0.2) is 11.5 Å². The summed E-state index contributed by atoms with van der Waals surface area (Å²) in [5.74, 6) is 1.86. The summed E-state index contributed by atoms with van der Waals surface area (Å²) in [6, 6.07) is 19.0. The Balaban J connectivity index is 1.30. The number of imidazole rings is 1. The number of hydrogen-bond acceptors (Lipinski definition) is 5. The van der Waals surface area contributed by atoms with Gasteiger partial charge in [-0.25, -0.2) is 4.98 Å². The molecule has 0 atom stereocenters. The van der Waals surface area contributed by atoms with Gasteiger partial charge in [-0.2, -0.15) is 0 Å². The highest BCUT2D eigenvalue weighted by Crippen LogP contribution is 2.31. The molecule has 4 rings (SSSR count). The lowest BCUT2D eigenvalue weighted by molar-refractivity contribution is -0.116. The fourth-order valence-corrected chi connectivity index (χ4v) is 3.43. The lowest BCUT2D eigenvalue weighted by Crippen LogP contribution is -2.13. The van der Waals surface area contributed by atoms with E-state index in [1.54, 1.807) is 25.3 Å². The minimum absolute atomic E-state index is 0.0840. The smallest absolute Gasteiger partial charge is 0.224 e. The third-order valence-electron chi connectivity index (χ3n) is 5.04. The Morgan fingerprint density at radius 2 is 1.94 bits per heavy atom. The Labute approximate surface area is 192 Å². The number of carbonyl (C=O) groups excluding carboxylic acids is 1. The molecule has 0 unspecified atom stereocenters. The summed E-state index contributed by atoms with van der Waals surface area (Å²) in [4.78, 5) is 16.9. The van der Waals surface area contributed by atoms with Crippen molar-refractivity contribution in [2.24, 2.45) is 0 Å². The molecule has 0 radical (unpaired) electrons. The fourth-order valence-electron chi connectivity index (χ4n) is 3.43. The monoisotopic (exact) mass is 445 g/mol. The molecule has 0 saturated heterocycles. The van der Waals surface area contributed by atoms with Crippen LogP contribution in [0.25, 0.3) is 5.65 Å². The van der Waals surface area contributed by atoms with Crippen LogP contribution in [0.15, 0.2) is 73.1 Å². The van der Waals surface area contributed by atoms with E-state index in [9.17, 15) is 4.79 Å². The second-order valence-electron chi connectivity index (χ2n) is 7.67. The first-order chi connectivity index (χ1) is 16.1. The molecule has 0 aliphatic rings. The highest BCUT2D eigenvalue weighted by molar-refractivity contribution is 5.91. The molecule has 1 amide bonds. The zero-order chi connectivity index (χ0) is 23.0. The number of aryl methyl sites for hydroxylation is 1. The largest absolute Gasteiger partial charge is 0.494 e. The summed E-state index contributed by atoms with van der Waals surface area (Å²) in [6.45, 7) is 2.78. The standard InChI is InChI=1S/C26H27N3O4/c1-19-7-5-8-22(15-19)32-14-6-10-26(30)28-20-11-12-23(31-2)24(16-20)33-18-21-17-29-13-4-3-9-25(29)27-21/h3-5,7-9,11-13,15-17H,6,10,14,18H2,1-2H3,(H,28,30). The van der Waals surface area contributed by atoms with E-state index in [4.69, 9.17) is 14.2 Å². The van der Waals surface area contributed by atoms with Crippen molar-refractivity contribution in [1.82, 2.24) is 9.38 Å². The topological polar surface area (TPSA) is 74.1 Å². The van der Waals surface area contributed by atoms with Crippen molar-refractivity contribution in [3.63, 3.8) is 0 Å². The van der Waals surface area contributed by atoms with Crippen LogP contribution in [-0.2, 0) is 11.4 Å². The number of aromatic nitrogens is 2. The predicted octanol–water partition coefficient (Wildman–Crippen LogP) is 5.03. The molecule has 1 N–H and O–H groups in total. The Kier molecular flexibility index (Phi) is 7.09. The van der Waals surface area contributed by atoms with Gasteiger partial charge in [-0.15, -0.1) is 0 Å². The van der Waals surface area contributed by atoms with Gasteiger partial charge < -0.3 is 23.9 Å². The van der Waals surface area contributed by atoms with E-state index in [0.29, 0.717) is 36.6 Å². The number of hydrogen-bond donors (Lipinski definition) is 1. The molecule has 2 aromatic carbocycles. The number of nitrogens with zero attached hydrogens (tertiary/aromatic N) is 2. The molecular formula is C26H27N3O4. The molecule has 33 heavy (non-hydrogen) atoms. The van der Waals surface area contributed by atoms with Gasteiger partial charge in [0.1, 0.15) is 18.0 Å². The molecule has 0 aliphatic heterocycles. The number of rotatable bonds is 10. The summed E-state index contributed by atoms with van der Waals surface area (Å²) in [5, 5.41) is 2.91. The minimum Gasteiger partial charge on any atom is -0.494 e. The molecule has 0 saturated carbocycles. The van der Waals surface area contributed by atoms with E-state index in [2.05, 4.69) is 10.3 Å². The summed E-state index contributed by atoms with van der Waals surface area (Å²) in [5.41, 5.74) is 3.44. The highest BCUT2D eigenvalue weighted by Gasteiger charge is 2.10. The van der Waals surface area contributed by atoms with Gasteiger partial charge in [0.25, 0.3) is 0 Å². The van der Waals surface area contributed by atoms with Gasteiger partial charge in [-0.1, -0.05) is 18.2 Å². The SMILES string of the molecule is COc1ccc(NC(=O)CCCOc2cccc(C)c2)cc1OCc1cn2ccccc2n1. The number of fused-ring (bicyclic) bond motifs is 1. The molecule has 0 aliphatic carbocycles. The molecule has 7 nitrogen and oxygen atoms in total. The first-order valence-electron chi connectivity index (χ1n) is 10.8. The van der Waals surface area contributed by atoms with E-state index in [-0.39, 0.29) is 12.5 Å². The van der Waals surface area contributed by atoms with Gasteiger partial charge in [0.2, 0.25) is 5.91 Å². The van der Waals surface area contributed by atoms with Crippen molar-refractivity contribution >= 4 is 17.2 Å². The lowest BCUT2D eigenvalue weighted by Gasteiger charge is -2.12. The van der Waals surface area contributed by atoms with Crippen LogP contribution in [0.1, 0.15) is 24.1 Å². The van der Waals surface area contributed by atoms with Gasteiger partial charge in [-0.3, -0.25) is 4.79 Å². The van der Waals surface area contributed by atoms with Crippen LogP contribution in [0.4, 0.5) is 5.69 Å². The molecule has 0 fully saturated rings. The number of amides is 1. The molecule has 0 spiro atoms. The predicted molar refractivity (Wildman–Crippen MR) is 127 cm³/mol. The number of pyridine rings is 1. The average molecular weight is 446 g/mol. The third-order valence-corrected chi connectivity index (χ3v) is 5.04. The summed E-state index contributed by atoms with van der Waals surface area (Å²) >= 11 is 0. The van der Waals surface area contributed by atoms with Crippen molar-refractivity contribution in [1.29, 1.82) is 0 Å². The zero-order valence-electron chi connectivity index (χ0n) is 18.8. The molecule has 2 aromatic heterocycles.